The molecule has 0 saturated heterocycles. The quantitative estimate of drug-likeness (QED) is 0.438. The summed E-state index contributed by atoms with van der Waals surface area (Å²) in [5.74, 6) is 0.280. The lowest BCUT2D eigenvalue weighted by Gasteiger charge is -2.17. The number of imide groups is 1. The molecule has 0 bridgehead atoms. The van der Waals surface area contributed by atoms with Crippen LogP contribution >= 0.6 is 22.7 Å². The third-order valence-corrected chi connectivity index (χ3v) is 7.08. The summed E-state index contributed by atoms with van der Waals surface area (Å²) in [6, 6.07) is 10.8. The molecule has 154 valence electrons. The molecule has 1 aromatic carbocycles. The van der Waals surface area contributed by atoms with Gasteiger partial charge in [0.25, 0.3) is 11.8 Å². The Kier molecular flexibility index (Phi) is 4.57. The number of rotatable bonds is 4. The van der Waals surface area contributed by atoms with Crippen molar-refractivity contribution in [2.24, 2.45) is 0 Å². The van der Waals surface area contributed by atoms with Gasteiger partial charge in [-0.25, -0.2) is 9.97 Å². The zero-order valence-electron chi connectivity index (χ0n) is 16.5. The molecule has 0 fully saturated rings. The van der Waals surface area contributed by atoms with E-state index in [0.29, 0.717) is 17.2 Å². The number of aryl methyl sites for hydroxylation is 1. The first-order valence-corrected chi connectivity index (χ1v) is 11.1. The Hall–Kier alpha value is -3.56. The Morgan fingerprint density at radius 2 is 1.84 bits per heavy atom. The second-order valence-corrected chi connectivity index (χ2v) is 9.02. The van der Waals surface area contributed by atoms with E-state index in [-0.39, 0.29) is 5.75 Å². The molecule has 1 aliphatic heterocycles. The van der Waals surface area contributed by atoms with Gasteiger partial charge in [-0.2, -0.15) is 5.01 Å². The lowest BCUT2D eigenvalue weighted by atomic mass is 10.1. The summed E-state index contributed by atoms with van der Waals surface area (Å²) >= 11 is 3.01. The molecule has 7 nitrogen and oxygen atoms in total. The summed E-state index contributed by atoms with van der Waals surface area (Å²) in [5.41, 5.74) is 5.17. The van der Waals surface area contributed by atoms with Gasteiger partial charge in [0, 0.05) is 16.5 Å². The lowest BCUT2D eigenvalue weighted by molar-refractivity contribution is -0.135. The van der Waals surface area contributed by atoms with E-state index in [1.807, 2.05) is 36.6 Å². The number of phenols is 1. The number of benzene rings is 1. The highest BCUT2D eigenvalue weighted by Gasteiger charge is 2.30. The average Bonchev–Trinajstić information content (AvgIpc) is 3.45. The van der Waals surface area contributed by atoms with Crippen molar-refractivity contribution in [3.63, 3.8) is 0 Å². The lowest BCUT2D eigenvalue weighted by Crippen LogP contribution is -2.36. The first-order chi connectivity index (χ1) is 14.9. The number of nitrogens with one attached hydrogen (secondary N) is 1. The highest BCUT2D eigenvalue weighted by molar-refractivity contribution is 7.22. The van der Waals surface area contributed by atoms with Gasteiger partial charge in [-0.1, -0.05) is 6.07 Å². The maximum atomic E-state index is 12.4. The standard InChI is InChI=1S/C22H16N4O3S2/c1-11-10-16(28)26(22(11)29)25-20-17-12(2)18(13-5-7-14(27)8-6-13)31-21(17)24-19(23-20)15-4-3-9-30-15/h3-10,27H,1-2H3,(H,23,24,25). The molecular formula is C22H16N4O3S2. The SMILES string of the molecule is CC1=CC(=O)N(Nc2nc(-c3cccs3)nc3sc(-c4ccc(O)cc4)c(C)c23)C1=O. The van der Waals surface area contributed by atoms with E-state index in [1.165, 1.54) is 28.7 Å². The van der Waals surface area contributed by atoms with E-state index in [4.69, 9.17) is 4.98 Å². The monoisotopic (exact) mass is 448 g/mol. The number of amides is 2. The van der Waals surface area contributed by atoms with Crippen LogP contribution in [-0.2, 0) is 9.59 Å². The molecule has 31 heavy (non-hydrogen) atoms. The second-order valence-electron chi connectivity index (χ2n) is 7.07. The third kappa shape index (κ3) is 3.28. The zero-order chi connectivity index (χ0) is 21.7. The Balaban J connectivity index is 1.69. The van der Waals surface area contributed by atoms with Gasteiger partial charge in [-0.15, -0.1) is 22.7 Å². The number of phenolic OH excluding ortho intramolecular Hbond substituents is 1. The van der Waals surface area contributed by atoms with Crippen LogP contribution in [0.4, 0.5) is 5.82 Å². The van der Waals surface area contributed by atoms with E-state index >= 15 is 0 Å². The van der Waals surface area contributed by atoms with Crippen molar-refractivity contribution >= 4 is 50.5 Å². The first kappa shape index (κ1) is 19.4. The van der Waals surface area contributed by atoms with E-state index in [9.17, 15) is 14.7 Å². The van der Waals surface area contributed by atoms with E-state index < -0.39 is 11.8 Å². The summed E-state index contributed by atoms with van der Waals surface area (Å²) in [6.45, 7) is 3.56. The number of hydrogen-bond donors (Lipinski definition) is 2. The molecule has 0 spiro atoms. The summed E-state index contributed by atoms with van der Waals surface area (Å²) in [7, 11) is 0. The molecule has 3 aromatic heterocycles. The molecule has 0 saturated carbocycles. The van der Waals surface area contributed by atoms with Crippen LogP contribution in [0.5, 0.6) is 5.75 Å². The van der Waals surface area contributed by atoms with E-state index in [0.717, 1.165) is 36.1 Å². The Labute approximate surface area is 185 Å². The number of carbonyl (C=O) groups is 2. The molecule has 0 aliphatic carbocycles. The Morgan fingerprint density at radius 3 is 2.48 bits per heavy atom. The van der Waals surface area contributed by atoms with Crippen molar-refractivity contribution in [1.29, 1.82) is 0 Å². The number of fused-ring (bicyclic) bond motifs is 1. The molecule has 1 aliphatic rings. The van der Waals surface area contributed by atoms with Gasteiger partial charge in [0.15, 0.2) is 11.6 Å². The summed E-state index contributed by atoms with van der Waals surface area (Å²) < 4.78 is 0. The average molecular weight is 449 g/mol. The molecule has 9 heteroatoms. The highest BCUT2D eigenvalue weighted by Crippen LogP contribution is 2.41. The van der Waals surface area contributed by atoms with Crippen LogP contribution in [0.25, 0.3) is 31.4 Å². The number of thiophene rings is 2. The number of anilines is 1. The fraction of sp³-hybridized carbons (Fsp3) is 0.0909. The van der Waals surface area contributed by atoms with Crippen LogP contribution in [0.2, 0.25) is 0 Å². The maximum Gasteiger partial charge on any atom is 0.275 e. The molecule has 0 atom stereocenters. The second kappa shape index (κ2) is 7.29. The minimum atomic E-state index is -0.432. The Bertz CT molecular complexity index is 1370. The smallest absolute Gasteiger partial charge is 0.275 e. The third-order valence-electron chi connectivity index (χ3n) is 4.98. The number of carbonyl (C=O) groups excluding carboxylic acids is 2. The first-order valence-electron chi connectivity index (χ1n) is 9.40. The zero-order valence-corrected chi connectivity index (χ0v) is 18.2. The van der Waals surface area contributed by atoms with Crippen LogP contribution in [-0.4, -0.2) is 31.9 Å². The number of nitrogens with zero attached hydrogens (tertiary/aromatic N) is 3. The maximum absolute atomic E-state index is 12.4. The van der Waals surface area contributed by atoms with E-state index in [1.54, 1.807) is 19.1 Å². The van der Waals surface area contributed by atoms with Crippen LogP contribution in [0.15, 0.2) is 53.4 Å². The number of aromatic hydroxyl groups is 1. The van der Waals surface area contributed by atoms with Crippen LogP contribution in [0, 0.1) is 6.92 Å². The fourth-order valence-electron chi connectivity index (χ4n) is 3.42. The fourth-order valence-corrected chi connectivity index (χ4v) is 5.27. The van der Waals surface area contributed by atoms with Gasteiger partial charge < -0.3 is 5.11 Å². The summed E-state index contributed by atoms with van der Waals surface area (Å²) in [5, 5.41) is 13.3. The van der Waals surface area contributed by atoms with Crippen LogP contribution < -0.4 is 5.43 Å². The summed E-state index contributed by atoms with van der Waals surface area (Å²) in [4.78, 5) is 36.7. The van der Waals surface area contributed by atoms with Crippen molar-refractivity contribution in [2.45, 2.75) is 13.8 Å². The summed E-state index contributed by atoms with van der Waals surface area (Å²) in [6.07, 6.45) is 1.30. The van der Waals surface area contributed by atoms with Crippen LogP contribution in [0.3, 0.4) is 0 Å². The van der Waals surface area contributed by atoms with Gasteiger partial charge >= 0.3 is 0 Å². The molecule has 0 radical (unpaired) electrons. The minimum absolute atomic E-state index is 0.193. The van der Waals surface area contributed by atoms with E-state index in [2.05, 4.69) is 10.4 Å². The molecular weight excluding hydrogens is 432 g/mol. The van der Waals surface area contributed by atoms with Crippen LogP contribution in [0.1, 0.15) is 12.5 Å². The number of hydrogen-bond acceptors (Lipinski definition) is 8. The van der Waals surface area contributed by atoms with Gasteiger partial charge in [-0.3, -0.25) is 15.0 Å². The molecule has 4 aromatic rings. The van der Waals surface area contributed by atoms with Crippen molar-refractivity contribution in [2.75, 3.05) is 5.43 Å². The number of hydrazine groups is 1. The molecule has 0 unspecified atom stereocenters. The van der Waals surface area contributed by atoms with Crippen molar-refractivity contribution in [1.82, 2.24) is 15.0 Å². The van der Waals surface area contributed by atoms with Crippen molar-refractivity contribution in [3.05, 3.63) is 59.0 Å². The van der Waals surface area contributed by atoms with Crippen molar-refractivity contribution < 1.29 is 14.7 Å². The van der Waals surface area contributed by atoms with Gasteiger partial charge in [0.2, 0.25) is 0 Å². The number of aromatic nitrogens is 2. The Morgan fingerprint density at radius 1 is 1.06 bits per heavy atom. The highest BCUT2D eigenvalue weighted by atomic mass is 32.1. The molecule has 2 N–H and O–H groups in total. The predicted molar refractivity (Wildman–Crippen MR) is 122 cm³/mol. The molecule has 5 rings (SSSR count). The largest absolute Gasteiger partial charge is 0.508 e. The van der Waals surface area contributed by atoms with Gasteiger partial charge in [0.1, 0.15) is 10.6 Å². The molecule has 2 amide bonds. The van der Waals surface area contributed by atoms with Gasteiger partial charge in [0.05, 0.1) is 10.3 Å². The normalized spacial score (nSPS) is 13.9. The minimum Gasteiger partial charge on any atom is -0.508 e. The molecule has 4 heterocycles. The van der Waals surface area contributed by atoms with Gasteiger partial charge in [-0.05, 0) is 60.7 Å². The predicted octanol–water partition coefficient (Wildman–Crippen LogP) is 4.74. The van der Waals surface area contributed by atoms with Crippen molar-refractivity contribution in [3.8, 4) is 26.9 Å². The topological polar surface area (TPSA) is 95.4 Å².